The Morgan fingerprint density at radius 3 is 2.15 bits per heavy atom. The maximum atomic E-state index is 12.7. The molecule has 0 aromatic heterocycles. The highest BCUT2D eigenvalue weighted by molar-refractivity contribution is 5.91. The molecule has 1 fully saturated rings. The lowest BCUT2D eigenvalue weighted by Crippen LogP contribution is -2.13. The summed E-state index contributed by atoms with van der Waals surface area (Å²) in [7, 11) is 0. The second kappa shape index (κ2) is 12.1. The molecule has 3 rings (SSSR count). The highest BCUT2D eigenvalue weighted by atomic mass is 16.5. The lowest BCUT2D eigenvalue weighted by atomic mass is 9.78. The van der Waals surface area contributed by atoms with Gasteiger partial charge in [-0.25, -0.2) is 4.79 Å². The smallest absolute Gasteiger partial charge is 0.343 e. The van der Waals surface area contributed by atoms with Crippen molar-refractivity contribution in [3.8, 4) is 23.6 Å². The Hall–Kier alpha value is -3.31. The molecule has 0 aliphatic heterocycles. The number of hydrogen-bond acceptors (Lipinski definition) is 5. The van der Waals surface area contributed by atoms with Crippen LogP contribution < -0.4 is 9.47 Å². The van der Waals surface area contributed by atoms with E-state index in [4.69, 9.17) is 9.47 Å². The van der Waals surface area contributed by atoms with Gasteiger partial charge in [-0.3, -0.25) is 0 Å². The fourth-order valence-corrected chi connectivity index (χ4v) is 4.48. The Kier molecular flexibility index (Phi) is 8.90. The Balaban J connectivity index is 1.69. The summed E-state index contributed by atoms with van der Waals surface area (Å²) in [6, 6.07) is 14.7. The first-order chi connectivity index (χ1) is 16.1. The van der Waals surface area contributed by atoms with E-state index >= 15 is 0 Å². The van der Waals surface area contributed by atoms with Gasteiger partial charge in [-0.05, 0) is 73.8 Å². The van der Waals surface area contributed by atoms with Gasteiger partial charge in [0.25, 0.3) is 0 Å². The summed E-state index contributed by atoms with van der Waals surface area (Å²) in [5, 5.41) is 19.2. The predicted molar refractivity (Wildman–Crippen MR) is 127 cm³/mol. The summed E-state index contributed by atoms with van der Waals surface area (Å²) < 4.78 is 11.2. The molecule has 1 aliphatic carbocycles. The first kappa shape index (κ1) is 24.3. The summed E-state index contributed by atoms with van der Waals surface area (Å²) in [5.74, 6) is 1.25. The van der Waals surface area contributed by atoms with E-state index in [0.29, 0.717) is 23.8 Å². The zero-order valence-electron chi connectivity index (χ0n) is 19.6. The van der Waals surface area contributed by atoms with Crippen molar-refractivity contribution in [1.29, 1.82) is 10.5 Å². The number of carbonyl (C=O) groups excluding carboxylic acids is 1. The average Bonchev–Trinajstić information content (AvgIpc) is 2.87. The number of carbonyl (C=O) groups is 1. The average molecular weight is 445 g/mol. The van der Waals surface area contributed by atoms with Crippen LogP contribution in [0.2, 0.25) is 0 Å². The van der Waals surface area contributed by atoms with Gasteiger partial charge in [0, 0.05) is 0 Å². The molecule has 0 heterocycles. The summed E-state index contributed by atoms with van der Waals surface area (Å²) in [5.41, 5.74) is 1.79. The maximum Gasteiger partial charge on any atom is 0.343 e. The molecule has 0 spiro atoms. The van der Waals surface area contributed by atoms with E-state index in [0.717, 1.165) is 25.2 Å². The molecular weight excluding hydrogens is 412 g/mol. The molecule has 1 saturated carbocycles. The zero-order valence-corrected chi connectivity index (χ0v) is 19.6. The minimum atomic E-state index is -0.548. The van der Waals surface area contributed by atoms with E-state index < -0.39 is 5.97 Å². The van der Waals surface area contributed by atoms with Crippen LogP contribution in [0.4, 0.5) is 0 Å². The van der Waals surface area contributed by atoms with E-state index in [1.807, 2.05) is 24.3 Å². The molecule has 0 saturated heterocycles. The number of esters is 1. The van der Waals surface area contributed by atoms with Crippen molar-refractivity contribution in [3.63, 3.8) is 0 Å². The molecule has 0 atom stereocenters. The number of rotatable bonds is 9. The second-order valence-corrected chi connectivity index (χ2v) is 8.73. The van der Waals surface area contributed by atoms with Gasteiger partial charge in [-0.15, -0.1) is 0 Å². The summed E-state index contributed by atoms with van der Waals surface area (Å²) in [6.45, 7) is 4.83. The van der Waals surface area contributed by atoms with Crippen LogP contribution in [-0.4, -0.2) is 12.6 Å². The largest absolute Gasteiger partial charge is 0.492 e. The van der Waals surface area contributed by atoms with Crippen molar-refractivity contribution in [2.75, 3.05) is 6.61 Å². The van der Waals surface area contributed by atoms with Gasteiger partial charge in [0.05, 0.1) is 12.2 Å². The van der Waals surface area contributed by atoms with Gasteiger partial charge in [0.2, 0.25) is 0 Å². The highest BCUT2D eigenvalue weighted by Gasteiger charge is 2.22. The quantitative estimate of drug-likeness (QED) is 0.238. The van der Waals surface area contributed by atoms with Crippen molar-refractivity contribution in [2.45, 2.75) is 71.1 Å². The molecule has 0 N–H and O–H groups in total. The highest BCUT2D eigenvalue weighted by Crippen LogP contribution is 2.37. The van der Waals surface area contributed by atoms with E-state index in [2.05, 4.69) is 13.8 Å². The first-order valence-corrected chi connectivity index (χ1v) is 12.0. The first-order valence-electron chi connectivity index (χ1n) is 12.0. The lowest BCUT2D eigenvalue weighted by molar-refractivity contribution is 0.0734. The molecular formula is C28H32N2O3. The van der Waals surface area contributed by atoms with E-state index in [1.165, 1.54) is 43.7 Å². The van der Waals surface area contributed by atoms with Crippen LogP contribution in [0.25, 0.3) is 0 Å². The molecule has 5 heteroatoms. The SMILES string of the molecule is CCCCCOc1ccc(OC(=O)c2ccc([C@H]3CC[C@H](CC)CC3)cc2)c(C#N)c1C#N. The molecule has 2 aromatic carbocycles. The van der Waals surface area contributed by atoms with Crippen LogP contribution in [0, 0.1) is 28.6 Å². The third-order valence-electron chi connectivity index (χ3n) is 6.60. The standard InChI is InChI=1S/C28H32N2O3/c1-3-5-6-17-32-26-15-16-27(25(19-30)24(26)18-29)33-28(31)23-13-11-22(12-14-23)21-9-7-20(4-2)8-10-21/h11-16,20-21H,3-10,17H2,1-2H3/t20-,21-. The van der Waals surface area contributed by atoms with Crippen molar-refractivity contribution in [2.24, 2.45) is 5.92 Å². The van der Waals surface area contributed by atoms with Crippen LogP contribution >= 0.6 is 0 Å². The molecule has 0 amide bonds. The number of ether oxygens (including phenoxy) is 2. The third kappa shape index (κ3) is 6.14. The maximum absolute atomic E-state index is 12.7. The van der Waals surface area contributed by atoms with Gasteiger partial charge in [0.15, 0.2) is 5.75 Å². The minimum Gasteiger partial charge on any atom is -0.492 e. The van der Waals surface area contributed by atoms with Crippen molar-refractivity contribution in [1.82, 2.24) is 0 Å². The molecule has 33 heavy (non-hydrogen) atoms. The number of nitriles is 2. The fraction of sp³-hybridized carbons (Fsp3) is 0.464. The van der Waals surface area contributed by atoms with Crippen molar-refractivity contribution >= 4 is 5.97 Å². The number of unbranched alkanes of at least 4 members (excludes halogenated alkanes) is 2. The molecule has 0 radical (unpaired) electrons. The minimum absolute atomic E-state index is 0.0168. The molecule has 172 valence electrons. The van der Waals surface area contributed by atoms with Crippen LogP contribution in [0.5, 0.6) is 11.5 Å². The lowest BCUT2D eigenvalue weighted by Gasteiger charge is -2.28. The Morgan fingerprint density at radius 1 is 0.909 bits per heavy atom. The predicted octanol–water partition coefficient (Wildman–Crippen LogP) is 6.90. The molecule has 0 unspecified atom stereocenters. The molecule has 0 bridgehead atoms. The number of hydrogen-bond donors (Lipinski definition) is 0. The number of nitrogens with zero attached hydrogens (tertiary/aromatic N) is 2. The van der Waals surface area contributed by atoms with Gasteiger partial charge >= 0.3 is 5.97 Å². The zero-order chi connectivity index (χ0) is 23.6. The van der Waals surface area contributed by atoms with Crippen LogP contribution in [-0.2, 0) is 0 Å². The topological polar surface area (TPSA) is 83.1 Å². The Labute approximate surface area is 196 Å². The van der Waals surface area contributed by atoms with Crippen LogP contribution in [0.1, 0.15) is 98.2 Å². The summed E-state index contributed by atoms with van der Waals surface area (Å²) in [4.78, 5) is 12.7. The molecule has 2 aromatic rings. The summed E-state index contributed by atoms with van der Waals surface area (Å²) >= 11 is 0. The Morgan fingerprint density at radius 2 is 1.55 bits per heavy atom. The summed E-state index contributed by atoms with van der Waals surface area (Å²) in [6.07, 6.45) is 9.13. The number of benzene rings is 2. The second-order valence-electron chi connectivity index (χ2n) is 8.73. The Bertz CT molecular complexity index is 1020. The monoisotopic (exact) mass is 444 g/mol. The fourth-order valence-electron chi connectivity index (χ4n) is 4.48. The van der Waals surface area contributed by atoms with E-state index in [9.17, 15) is 15.3 Å². The van der Waals surface area contributed by atoms with Crippen LogP contribution in [0.3, 0.4) is 0 Å². The molecule has 5 nitrogen and oxygen atoms in total. The third-order valence-corrected chi connectivity index (χ3v) is 6.60. The van der Waals surface area contributed by atoms with Gasteiger partial charge in [-0.1, -0.05) is 45.2 Å². The van der Waals surface area contributed by atoms with Gasteiger partial charge in [-0.2, -0.15) is 10.5 Å². The van der Waals surface area contributed by atoms with Crippen LogP contribution in [0.15, 0.2) is 36.4 Å². The van der Waals surface area contributed by atoms with Gasteiger partial charge < -0.3 is 9.47 Å². The van der Waals surface area contributed by atoms with Crippen molar-refractivity contribution in [3.05, 3.63) is 58.7 Å². The van der Waals surface area contributed by atoms with Gasteiger partial charge in [0.1, 0.15) is 29.0 Å². The van der Waals surface area contributed by atoms with Crippen molar-refractivity contribution < 1.29 is 14.3 Å². The normalized spacial score (nSPS) is 17.6. The molecule has 1 aliphatic rings. The van der Waals surface area contributed by atoms with E-state index in [-0.39, 0.29) is 16.9 Å². The van der Waals surface area contributed by atoms with E-state index in [1.54, 1.807) is 18.2 Å².